The quantitative estimate of drug-likeness (QED) is 0.629. The number of amides is 2. The number of hydrazine groups is 1. The summed E-state index contributed by atoms with van der Waals surface area (Å²) >= 11 is 0. The Morgan fingerprint density at radius 3 is 2.54 bits per heavy atom. The SMILES string of the molecule is NC(=O)c1ccccc1C=C(NN1C(=O)OC[C@@H]1Cc1ccccc1)C(=O)O. The van der Waals surface area contributed by atoms with E-state index in [9.17, 15) is 19.5 Å². The van der Waals surface area contributed by atoms with Gasteiger partial charge in [0.15, 0.2) is 0 Å². The van der Waals surface area contributed by atoms with E-state index in [0.29, 0.717) is 12.0 Å². The smallest absolute Gasteiger partial charge is 0.429 e. The number of ether oxygens (including phenoxy) is 1. The predicted octanol–water partition coefficient (Wildman–Crippen LogP) is 1.78. The van der Waals surface area contributed by atoms with Gasteiger partial charge in [-0.15, -0.1) is 0 Å². The largest absolute Gasteiger partial charge is 0.477 e. The molecule has 1 aliphatic rings. The summed E-state index contributed by atoms with van der Waals surface area (Å²) in [4.78, 5) is 35.4. The van der Waals surface area contributed by atoms with Crippen LogP contribution in [0.4, 0.5) is 4.79 Å². The summed E-state index contributed by atoms with van der Waals surface area (Å²) in [5, 5.41) is 10.7. The zero-order chi connectivity index (χ0) is 20.1. The number of hydrogen-bond acceptors (Lipinski definition) is 5. The van der Waals surface area contributed by atoms with E-state index in [4.69, 9.17) is 10.5 Å². The Bertz CT molecular complexity index is 926. The molecule has 0 unspecified atom stereocenters. The highest BCUT2D eigenvalue weighted by molar-refractivity contribution is 5.99. The van der Waals surface area contributed by atoms with Gasteiger partial charge in [0.25, 0.3) is 0 Å². The number of hydrogen-bond donors (Lipinski definition) is 3. The lowest BCUT2D eigenvalue weighted by Crippen LogP contribution is -2.46. The van der Waals surface area contributed by atoms with Crippen molar-refractivity contribution < 1.29 is 24.2 Å². The highest BCUT2D eigenvalue weighted by Gasteiger charge is 2.34. The molecule has 1 heterocycles. The Kier molecular flexibility index (Phi) is 5.59. The van der Waals surface area contributed by atoms with Crippen LogP contribution in [-0.2, 0) is 16.0 Å². The molecule has 2 amide bonds. The number of aliphatic carboxylic acids is 1. The topological polar surface area (TPSA) is 122 Å². The van der Waals surface area contributed by atoms with E-state index in [-0.39, 0.29) is 23.9 Å². The van der Waals surface area contributed by atoms with Crippen LogP contribution in [0, 0.1) is 0 Å². The average Bonchev–Trinajstić information content (AvgIpc) is 3.02. The second-order valence-corrected chi connectivity index (χ2v) is 6.22. The van der Waals surface area contributed by atoms with Gasteiger partial charge in [0, 0.05) is 5.56 Å². The van der Waals surface area contributed by atoms with Crippen molar-refractivity contribution in [1.82, 2.24) is 10.4 Å². The fraction of sp³-hybridized carbons (Fsp3) is 0.150. The number of cyclic esters (lactones) is 1. The molecule has 3 rings (SSSR count). The molecule has 1 saturated heterocycles. The molecule has 0 radical (unpaired) electrons. The van der Waals surface area contributed by atoms with Gasteiger partial charge in [0.05, 0.1) is 6.04 Å². The van der Waals surface area contributed by atoms with Crippen molar-refractivity contribution in [2.24, 2.45) is 5.73 Å². The van der Waals surface area contributed by atoms with Crippen LogP contribution in [0.2, 0.25) is 0 Å². The van der Waals surface area contributed by atoms with E-state index >= 15 is 0 Å². The van der Waals surface area contributed by atoms with Gasteiger partial charge in [-0.1, -0.05) is 48.5 Å². The molecular weight excluding hydrogens is 362 g/mol. The molecule has 0 saturated carbocycles. The number of carbonyl (C=O) groups is 3. The molecular formula is C20H19N3O5. The van der Waals surface area contributed by atoms with E-state index in [1.807, 2.05) is 30.3 Å². The number of carboxylic acid groups (broad SMARTS) is 1. The van der Waals surface area contributed by atoms with Crippen LogP contribution < -0.4 is 11.2 Å². The van der Waals surface area contributed by atoms with Crippen LogP contribution in [0.5, 0.6) is 0 Å². The van der Waals surface area contributed by atoms with E-state index in [0.717, 1.165) is 10.6 Å². The molecule has 144 valence electrons. The Labute approximate surface area is 161 Å². The average molecular weight is 381 g/mol. The van der Waals surface area contributed by atoms with Gasteiger partial charge in [-0.2, -0.15) is 0 Å². The third-order valence-electron chi connectivity index (χ3n) is 4.27. The van der Waals surface area contributed by atoms with Crippen LogP contribution in [-0.4, -0.2) is 40.7 Å². The number of nitrogens with zero attached hydrogens (tertiary/aromatic N) is 1. The summed E-state index contributed by atoms with van der Waals surface area (Å²) in [5.74, 6) is -1.98. The van der Waals surface area contributed by atoms with Crippen molar-refractivity contribution in [1.29, 1.82) is 0 Å². The first kappa shape index (κ1) is 19.0. The Hall–Kier alpha value is -3.81. The van der Waals surface area contributed by atoms with Crippen molar-refractivity contribution in [2.45, 2.75) is 12.5 Å². The summed E-state index contributed by atoms with van der Waals surface area (Å²) in [6, 6.07) is 15.4. The molecule has 8 nitrogen and oxygen atoms in total. The zero-order valence-electron chi connectivity index (χ0n) is 14.9. The predicted molar refractivity (Wildman–Crippen MR) is 101 cm³/mol. The molecule has 2 aromatic rings. The maximum absolute atomic E-state index is 12.1. The number of nitrogens with two attached hydrogens (primary N) is 1. The number of primary amides is 1. The van der Waals surface area contributed by atoms with Gasteiger partial charge in [-0.25, -0.2) is 14.6 Å². The van der Waals surface area contributed by atoms with Crippen LogP contribution >= 0.6 is 0 Å². The van der Waals surface area contributed by atoms with E-state index in [1.54, 1.807) is 18.2 Å². The minimum atomic E-state index is -1.29. The standard InChI is InChI=1S/C20H19N3O5/c21-18(24)16-9-5-4-8-14(16)11-17(19(25)26)22-23-15(12-28-20(23)27)10-13-6-2-1-3-7-13/h1-9,11,15,22H,10,12H2,(H2,21,24)(H,25,26)/t15-/m0/s1. The van der Waals surface area contributed by atoms with Crippen LogP contribution in [0.25, 0.3) is 6.08 Å². The normalized spacial score (nSPS) is 16.6. The molecule has 8 heteroatoms. The molecule has 0 spiro atoms. The molecule has 28 heavy (non-hydrogen) atoms. The molecule has 0 aromatic heterocycles. The first-order chi connectivity index (χ1) is 13.5. The van der Waals surface area contributed by atoms with Gasteiger partial charge in [0.1, 0.15) is 12.3 Å². The maximum atomic E-state index is 12.1. The first-order valence-electron chi connectivity index (χ1n) is 8.56. The summed E-state index contributed by atoms with van der Waals surface area (Å²) in [7, 11) is 0. The van der Waals surface area contributed by atoms with Crippen molar-refractivity contribution in [3.63, 3.8) is 0 Å². The fourth-order valence-electron chi connectivity index (χ4n) is 2.91. The van der Waals surface area contributed by atoms with Gasteiger partial charge >= 0.3 is 12.1 Å². The van der Waals surface area contributed by atoms with Gasteiger partial charge in [0.2, 0.25) is 5.91 Å². The van der Waals surface area contributed by atoms with Crippen molar-refractivity contribution >= 4 is 24.0 Å². The van der Waals surface area contributed by atoms with Gasteiger partial charge in [-0.3, -0.25) is 10.2 Å². The minimum Gasteiger partial charge on any atom is -0.477 e. The van der Waals surface area contributed by atoms with Crippen molar-refractivity contribution in [3.8, 4) is 0 Å². The molecule has 1 aliphatic heterocycles. The van der Waals surface area contributed by atoms with Crippen molar-refractivity contribution in [2.75, 3.05) is 6.61 Å². The third-order valence-corrected chi connectivity index (χ3v) is 4.27. The molecule has 1 atom stereocenters. The summed E-state index contributed by atoms with van der Waals surface area (Å²) in [6.45, 7) is 0.130. The van der Waals surface area contributed by atoms with E-state index < -0.39 is 18.0 Å². The van der Waals surface area contributed by atoms with Crippen molar-refractivity contribution in [3.05, 3.63) is 77.0 Å². The van der Waals surface area contributed by atoms with Gasteiger partial charge in [-0.05, 0) is 29.7 Å². The molecule has 1 fully saturated rings. The maximum Gasteiger partial charge on any atom is 0.429 e. The summed E-state index contributed by atoms with van der Waals surface area (Å²) in [5.41, 5.74) is 9.16. The summed E-state index contributed by atoms with van der Waals surface area (Å²) in [6.07, 6.45) is 1.08. The number of benzene rings is 2. The highest BCUT2D eigenvalue weighted by Crippen LogP contribution is 2.18. The highest BCUT2D eigenvalue weighted by atomic mass is 16.6. The first-order valence-corrected chi connectivity index (χ1v) is 8.56. The number of carbonyl (C=O) groups excluding carboxylic acids is 2. The van der Waals surface area contributed by atoms with E-state index in [2.05, 4.69) is 5.43 Å². The molecule has 4 N–H and O–H groups in total. The Morgan fingerprint density at radius 2 is 1.86 bits per heavy atom. The fourth-order valence-corrected chi connectivity index (χ4v) is 2.91. The molecule has 2 aromatic carbocycles. The van der Waals surface area contributed by atoms with Gasteiger partial charge < -0.3 is 15.6 Å². The van der Waals surface area contributed by atoms with Crippen LogP contribution in [0.3, 0.4) is 0 Å². The molecule has 0 bridgehead atoms. The lowest BCUT2D eigenvalue weighted by Gasteiger charge is -2.23. The molecule has 0 aliphatic carbocycles. The zero-order valence-corrected chi connectivity index (χ0v) is 14.9. The van der Waals surface area contributed by atoms with E-state index in [1.165, 1.54) is 12.1 Å². The Morgan fingerprint density at radius 1 is 1.18 bits per heavy atom. The minimum absolute atomic E-state index is 0.130. The number of rotatable bonds is 7. The second kappa shape index (κ2) is 8.26. The van der Waals surface area contributed by atoms with Crippen LogP contribution in [0.15, 0.2) is 60.3 Å². The lowest BCUT2D eigenvalue weighted by atomic mass is 10.1. The monoisotopic (exact) mass is 381 g/mol. The van der Waals surface area contributed by atoms with Crippen LogP contribution in [0.1, 0.15) is 21.5 Å². The Balaban J connectivity index is 1.86. The lowest BCUT2D eigenvalue weighted by molar-refractivity contribution is -0.133. The number of nitrogens with one attached hydrogen (secondary N) is 1. The third kappa shape index (κ3) is 4.29. The number of carboxylic acids is 1. The summed E-state index contributed by atoms with van der Waals surface area (Å²) < 4.78 is 5.07. The second-order valence-electron chi connectivity index (χ2n) is 6.22.